The van der Waals surface area contributed by atoms with Crippen LogP contribution in [0.15, 0.2) is 58.2 Å². The number of amidine groups is 1. The predicted octanol–water partition coefficient (Wildman–Crippen LogP) is 5.39. The van der Waals surface area contributed by atoms with Gasteiger partial charge in [-0.15, -0.1) is 0 Å². The van der Waals surface area contributed by atoms with Crippen LogP contribution in [0.25, 0.3) is 17.0 Å². The third-order valence-corrected chi connectivity index (χ3v) is 6.87. The largest absolute Gasteiger partial charge is 0.342 e. The van der Waals surface area contributed by atoms with Crippen molar-refractivity contribution in [3.05, 3.63) is 74.7 Å². The molecule has 0 atom stereocenters. The van der Waals surface area contributed by atoms with Crippen LogP contribution >= 0.6 is 35.0 Å². The Hall–Kier alpha value is -3.60. The maximum absolute atomic E-state index is 13.2. The van der Waals surface area contributed by atoms with E-state index < -0.39 is 11.8 Å². The molecule has 2 aromatic carbocycles. The lowest BCUT2D eigenvalue weighted by molar-refractivity contribution is -0.114. The summed E-state index contributed by atoms with van der Waals surface area (Å²) in [5.74, 6) is -0.953. The van der Waals surface area contributed by atoms with Gasteiger partial charge in [0, 0.05) is 36.1 Å². The van der Waals surface area contributed by atoms with Gasteiger partial charge in [0.25, 0.3) is 5.91 Å². The van der Waals surface area contributed by atoms with Crippen LogP contribution in [0, 0.1) is 5.41 Å². The van der Waals surface area contributed by atoms with Crippen molar-refractivity contribution in [2.45, 2.75) is 13.5 Å². The molecule has 1 fully saturated rings. The maximum atomic E-state index is 13.2. The van der Waals surface area contributed by atoms with Gasteiger partial charge in [0.15, 0.2) is 5.17 Å². The van der Waals surface area contributed by atoms with Crippen molar-refractivity contribution >= 4 is 80.6 Å². The van der Waals surface area contributed by atoms with Crippen LogP contribution in [0.5, 0.6) is 0 Å². The Bertz CT molecular complexity index is 1540. The van der Waals surface area contributed by atoms with E-state index in [-0.39, 0.29) is 16.8 Å². The first kappa shape index (κ1) is 23.2. The van der Waals surface area contributed by atoms with Crippen molar-refractivity contribution in [3.8, 4) is 0 Å². The molecule has 1 aliphatic rings. The van der Waals surface area contributed by atoms with Crippen molar-refractivity contribution in [3.63, 3.8) is 0 Å². The molecule has 1 aliphatic heterocycles. The number of carbonyl (C=O) groups excluding carboxylic acids is 2. The number of para-hydroxylation sites is 1. The van der Waals surface area contributed by atoms with E-state index >= 15 is 0 Å². The van der Waals surface area contributed by atoms with Gasteiger partial charge in [0.05, 0.1) is 15.0 Å². The Labute approximate surface area is 213 Å². The topological polar surface area (TPSA) is 117 Å². The van der Waals surface area contributed by atoms with Crippen molar-refractivity contribution < 1.29 is 14.2 Å². The number of nitrogens with zero attached hydrogens (tertiary/aromatic N) is 4. The lowest BCUT2D eigenvalue weighted by atomic mass is 10.1. The molecule has 2 amide bonds. The maximum Gasteiger partial charge on any atom is 0.272 e. The number of fused-ring (bicyclic) bond motifs is 1. The van der Waals surface area contributed by atoms with Crippen molar-refractivity contribution in [2.24, 2.45) is 0 Å². The fraction of sp³-hybridized carbons (Fsp3) is 0.0870. The SMILES string of the molecule is CC(=O)Nc1nonc1N1C(=N)S/C(=C\c2cn(Cc3ccc(Cl)c(Cl)c3)c3ccccc23)C1=O. The Morgan fingerprint density at radius 1 is 1.20 bits per heavy atom. The van der Waals surface area contributed by atoms with Crippen LogP contribution < -0.4 is 10.2 Å². The fourth-order valence-electron chi connectivity index (χ4n) is 3.75. The summed E-state index contributed by atoms with van der Waals surface area (Å²) in [6.07, 6.45) is 3.68. The molecule has 2 N–H and O–H groups in total. The Balaban J connectivity index is 1.50. The quantitative estimate of drug-likeness (QED) is 0.336. The second kappa shape index (κ2) is 9.21. The zero-order valence-electron chi connectivity index (χ0n) is 18.1. The van der Waals surface area contributed by atoms with E-state index in [9.17, 15) is 9.59 Å². The smallest absolute Gasteiger partial charge is 0.272 e. The molecule has 0 bridgehead atoms. The average Bonchev–Trinajstić information content (AvgIpc) is 3.47. The van der Waals surface area contributed by atoms with Crippen molar-refractivity contribution in [1.82, 2.24) is 14.9 Å². The predicted molar refractivity (Wildman–Crippen MR) is 137 cm³/mol. The highest BCUT2D eigenvalue weighted by molar-refractivity contribution is 8.19. The van der Waals surface area contributed by atoms with Crippen LogP contribution in [0.3, 0.4) is 0 Å². The summed E-state index contributed by atoms with van der Waals surface area (Å²) in [5.41, 5.74) is 2.76. The highest BCUT2D eigenvalue weighted by Gasteiger charge is 2.38. The molecule has 2 aromatic heterocycles. The summed E-state index contributed by atoms with van der Waals surface area (Å²) >= 11 is 13.2. The minimum atomic E-state index is -0.469. The minimum Gasteiger partial charge on any atom is -0.342 e. The third kappa shape index (κ3) is 4.43. The van der Waals surface area contributed by atoms with Crippen molar-refractivity contribution in [1.29, 1.82) is 5.41 Å². The van der Waals surface area contributed by atoms with Crippen LogP contribution in [0.2, 0.25) is 10.0 Å². The van der Waals surface area contributed by atoms with Crippen LogP contribution in [-0.2, 0) is 16.1 Å². The molecule has 0 unspecified atom stereocenters. The zero-order chi connectivity index (χ0) is 24.7. The highest BCUT2D eigenvalue weighted by Crippen LogP contribution is 2.38. The van der Waals surface area contributed by atoms with Crippen LogP contribution in [0.1, 0.15) is 18.1 Å². The van der Waals surface area contributed by atoms with E-state index in [0.717, 1.165) is 38.7 Å². The van der Waals surface area contributed by atoms with E-state index in [2.05, 4.69) is 24.8 Å². The molecule has 0 saturated carbocycles. The van der Waals surface area contributed by atoms with E-state index in [4.69, 9.17) is 28.6 Å². The average molecular weight is 527 g/mol. The Morgan fingerprint density at radius 3 is 2.77 bits per heavy atom. The van der Waals surface area contributed by atoms with Gasteiger partial charge in [0.1, 0.15) is 0 Å². The number of rotatable bonds is 5. The highest BCUT2D eigenvalue weighted by atomic mass is 35.5. The van der Waals surface area contributed by atoms with Gasteiger partial charge < -0.3 is 9.88 Å². The van der Waals surface area contributed by atoms with Gasteiger partial charge in [-0.25, -0.2) is 9.53 Å². The molecule has 5 rings (SSSR count). The van der Waals surface area contributed by atoms with Gasteiger partial charge in [-0.2, -0.15) is 0 Å². The van der Waals surface area contributed by atoms with Crippen LogP contribution in [-0.4, -0.2) is 31.9 Å². The van der Waals surface area contributed by atoms with Gasteiger partial charge in [0.2, 0.25) is 17.5 Å². The summed E-state index contributed by atoms with van der Waals surface area (Å²) in [6, 6.07) is 13.3. The van der Waals surface area contributed by atoms with Gasteiger partial charge in [-0.3, -0.25) is 15.0 Å². The number of carbonyl (C=O) groups is 2. The number of hydrogen-bond donors (Lipinski definition) is 2. The number of nitrogens with one attached hydrogen (secondary N) is 2. The summed E-state index contributed by atoms with van der Waals surface area (Å²) < 4.78 is 6.75. The van der Waals surface area contributed by atoms with E-state index in [1.54, 1.807) is 12.1 Å². The summed E-state index contributed by atoms with van der Waals surface area (Å²) in [4.78, 5) is 26.0. The molecule has 0 spiro atoms. The van der Waals surface area contributed by atoms with E-state index in [0.29, 0.717) is 21.5 Å². The number of aromatic nitrogens is 3. The molecule has 0 radical (unpaired) electrons. The fourth-order valence-corrected chi connectivity index (χ4v) is 4.91. The summed E-state index contributed by atoms with van der Waals surface area (Å²) in [7, 11) is 0. The number of hydrogen-bond acceptors (Lipinski definition) is 7. The number of halogens is 2. The second-order valence-electron chi connectivity index (χ2n) is 7.65. The van der Waals surface area contributed by atoms with Gasteiger partial charge in [-0.1, -0.05) is 47.5 Å². The van der Waals surface area contributed by atoms with E-state index in [1.165, 1.54) is 6.92 Å². The number of benzene rings is 2. The number of amides is 2. The standard InChI is InChI=1S/C23H16Cl2N6O3S/c1-12(32)27-20-21(29-34-28-20)31-22(33)19(35-23(31)26)9-14-11-30(18-5-3-2-4-15(14)18)10-13-6-7-16(24)17(25)8-13/h2-9,11,26H,10H2,1H3,(H,27,28,32)/b19-9-,26-23?. The van der Waals surface area contributed by atoms with Gasteiger partial charge >= 0.3 is 0 Å². The Kier molecular flexibility index (Phi) is 6.10. The molecule has 176 valence electrons. The monoisotopic (exact) mass is 526 g/mol. The lowest BCUT2D eigenvalue weighted by Crippen LogP contribution is -2.29. The van der Waals surface area contributed by atoms with E-state index in [1.807, 2.05) is 42.6 Å². The number of thioether (sulfide) groups is 1. The third-order valence-electron chi connectivity index (χ3n) is 5.24. The Morgan fingerprint density at radius 2 is 2.00 bits per heavy atom. The molecule has 12 heteroatoms. The molecular formula is C23H16Cl2N6O3S. The first-order chi connectivity index (χ1) is 16.8. The summed E-state index contributed by atoms with van der Waals surface area (Å²) in [5, 5.41) is 19.9. The molecule has 9 nitrogen and oxygen atoms in total. The van der Waals surface area contributed by atoms with Gasteiger partial charge in [-0.05, 0) is 51.9 Å². The summed E-state index contributed by atoms with van der Waals surface area (Å²) in [6.45, 7) is 1.84. The number of anilines is 2. The molecule has 3 heterocycles. The lowest BCUT2D eigenvalue weighted by Gasteiger charge is -2.10. The van der Waals surface area contributed by atoms with Crippen LogP contribution in [0.4, 0.5) is 11.6 Å². The second-order valence-corrected chi connectivity index (χ2v) is 9.50. The minimum absolute atomic E-state index is 0.0318. The first-order valence-electron chi connectivity index (χ1n) is 10.3. The molecule has 1 saturated heterocycles. The first-order valence-corrected chi connectivity index (χ1v) is 11.8. The zero-order valence-corrected chi connectivity index (χ0v) is 20.4. The normalized spacial score (nSPS) is 14.9. The van der Waals surface area contributed by atoms with Crippen molar-refractivity contribution in [2.75, 3.05) is 10.2 Å². The molecule has 4 aromatic rings. The molecule has 35 heavy (non-hydrogen) atoms. The molecular weight excluding hydrogens is 511 g/mol. The molecule has 0 aliphatic carbocycles.